The number of sulfonamides is 1. The molecule has 1 atom stereocenters. The van der Waals surface area contributed by atoms with Crippen LogP contribution in [0.1, 0.15) is 82.7 Å². The third-order valence-corrected chi connectivity index (χ3v) is 13.3. The second-order valence-corrected chi connectivity index (χ2v) is 18.1. The van der Waals surface area contributed by atoms with Crippen molar-refractivity contribution < 1.29 is 22.7 Å². The van der Waals surface area contributed by atoms with Gasteiger partial charge in [-0.15, -0.1) is 11.3 Å². The van der Waals surface area contributed by atoms with Gasteiger partial charge in [-0.2, -0.15) is 0 Å². The molecule has 266 valence electrons. The van der Waals surface area contributed by atoms with Crippen LogP contribution in [0, 0.1) is 0 Å². The minimum atomic E-state index is -3.96. The number of rotatable bonds is 11. The molecule has 1 aromatic heterocycles. The summed E-state index contributed by atoms with van der Waals surface area (Å²) in [5.41, 5.74) is 1.11. The Hall–Kier alpha value is -3.17. The number of nitrogens with zero attached hydrogens (tertiary/aromatic N) is 2. The second kappa shape index (κ2) is 15.8. The number of hydrogen-bond donors (Lipinski definition) is 4. The average Bonchev–Trinajstić information content (AvgIpc) is 3.66. The van der Waals surface area contributed by atoms with Crippen LogP contribution in [0.2, 0.25) is 0 Å². The highest BCUT2D eigenvalue weighted by molar-refractivity contribution is 8.00. The molecule has 1 aliphatic carbocycles. The molecule has 1 saturated heterocycles. The molecule has 2 fully saturated rings. The summed E-state index contributed by atoms with van der Waals surface area (Å²) in [7, 11) is -1.85. The molecule has 2 aromatic carbocycles. The first-order chi connectivity index (χ1) is 23.2. The van der Waals surface area contributed by atoms with Gasteiger partial charge in [-0.25, -0.2) is 27.7 Å². The van der Waals surface area contributed by atoms with Gasteiger partial charge in [0.15, 0.2) is 0 Å². The molecule has 0 spiro atoms. The molecule has 1 saturated carbocycles. The molecule has 2 aliphatic rings. The molecule has 49 heavy (non-hydrogen) atoms. The number of urea groups is 1. The normalized spacial score (nSPS) is 21.7. The number of ether oxygens (including phenoxy) is 1. The second-order valence-electron chi connectivity index (χ2n) is 14.0. The lowest BCUT2D eigenvalue weighted by Crippen LogP contribution is -2.40. The van der Waals surface area contributed by atoms with Crippen molar-refractivity contribution in [2.75, 3.05) is 24.8 Å². The van der Waals surface area contributed by atoms with Crippen molar-refractivity contribution in [1.82, 2.24) is 25.2 Å². The Bertz CT molecular complexity index is 1700. The number of thiazole rings is 1. The summed E-state index contributed by atoms with van der Waals surface area (Å²) in [6.45, 7) is 8.95. The summed E-state index contributed by atoms with van der Waals surface area (Å²) in [5, 5.41) is 9.56. The van der Waals surface area contributed by atoms with E-state index in [1.807, 2.05) is 30.3 Å². The third kappa shape index (κ3) is 10.2. The fourth-order valence-electron chi connectivity index (χ4n) is 6.20. The number of carbonyl (C=O) groups is 2. The van der Waals surface area contributed by atoms with E-state index < -0.39 is 21.6 Å². The van der Waals surface area contributed by atoms with Gasteiger partial charge in [0, 0.05) is 41.5 Å². The number of aromatic nitrogens is 1. The van der Waals surface area contributed by atoms with E-state index >= 15 is 0 Å². The Balaban J connectivity index is 1.21. The number of anilines is 1. The van der Waals surface area contributed by atoms with E-state index in [0.29, 0.717) is 23.7 Å². The fourth-order valence-corrected chi connectivity index (χ4v) is 10.1. The number of amides is 3. The molecule has 2 heterocycles. The highest BCUT2D eigenvalue weighted by Crippen LogP contribution is 2.40. The van der Waals surface area contributed by atoms with Crippen molar-refractivity contribution in [3.63, 3.8) is 0 Å². The molecule has 0 bridgehead atoms. The third-order valence-electron chi connectivity index (χ3n) is 8.95. The summed E-state index contributed by atoms with van der Waals surface area (Å²) < 4.78 is 35.6. The van der Waals surface area contributed by atoms with Crippen LogP contribution in [-0.4, -0.2) is 66.4 Å². The van der Waals surface area contributed by atoms with Crippen LogP contribution < -0.4 is 20.7 Å². The number of hydrogen-bond acceptors (Lipinski definition) is 9. The Labute approximate surface area is 298 Å². The standard InChI is InChI=1S/C35H48N6O5S3/c1-34(2,3)40-49(44,45)30-20-27(38-32(42)37-21-24-10-7-6-8-11-24)16-17-28(30)29-22-36-31(48-29)25-12-14-26(15-13-25)39-33(43)46-23-47-35(4)18-9-19-41(35)5/h6-8,10-11,16-17,20,22,25-26,40H,9,12-15,18-19,21,23H2,1-5H3,(H,39,43)(H2,37,38,42)/t25-,26-,35-/m1/s1. The van der Waals surface area contributed by atoms with Gasteiger partial charge >= 0.3 is 12.1 Å². The van der Waals surface area contributed by atoms with Crippen molar-refractivity contribution in [3.05, 3.63) is 65.3 Å². The molecule has 5 rings (SSSR count). The van der Waals surface area contributed by atoms with Crippen LogP contribution in [0.5, 0.6) is 0 Å². The monoisotopic (exact) mass is 728 g/mol. The van der Waals surface area contributed by atoms with Gasteiger partial charge < -0.3 is 20.7 Å². The quantitative estimate of drug-likeness (QED) is 0.153. The molecule has 0 unspecified atom stereocenters. The predicted molar refractivity (Wildman–Crippen MR) is 197 cm³/mol. The zero-order valence-electron chi connectivity index (χ0n) is 28.9. The van der Waals surface area contributed by atoms with Gasteiger partial charge in [-0.05, 0) is 97.5 Å². The number of nitrogens with one attached hydrogen (secondary N) is 4. The molecule has 0 radical (unpaired) electrons. The van der Waals surface area contributed by atoms with Crippen molar-refractivity contribution in [3.8, 4) is 10.4 Å². The average molecular weight is 729 g/mol. The molecular weight excluding hydrogens is 681 g/mol. The van der Waals surface area contributed by atoms with Crippen LogP contribution in [-0.2, 0) is 21.3 Å². The summed E-state index contributed by atoms with van der Waals surface area (Å²) in [5.74, 6) is 0.536. The summed E-state index contributed by atoms with van der Waals surface area (Å²) in [6.07, 6.45) is 6.93. The smallest absolute Gasteiger partial charge is 0.408 e. The van der Waals surface area contributed by atoms with Crippen LogP contribution in [0.15, 0.2) is 59.6 Å². The summed E-state index contributed by atoms with van der Waals surface area (Å²) >= 11 is 3.15. The summed E-state index contributed by atoms with van der Waals surface area (Å²) in [4.78, 5) is 33.0. The molecule has 3 amide bonds. The SMILES string of the molecule is CN1CCC[C@@]1(C)SCOC(=O)N[C@H]1CC[C@H](c2ncc(-c3ccc(NC(=O)NCc4ccccc4)cc3S(=O)(=O)NC(C)(C)C)s2)CC1. The van der Waals surface area contributed by atoms with Gasteiger partial charge in [-0.1, -0.05) is 48.2 Å². The lowest BCUT2D eigenvalue weighted by molar-refractivity contribution is 0.156. The number of alkyl carbamates (subject to hydrolysis) is 1. The van der Waals surface area contributed by atoms with Crippen LogP contribution in [0.25, 0.3) is 10.4 Å². The number of likely N-dealkylation sites (tertiary alicyclic amines) is 1. The van der Waals surface area contributed by atoms with Crippen molar-refractivity contribution in [2.45, 2.75) is 100 Å². The highest BCUT2D eigenvalue weighted by atomic mass is 32.2. The van der Waals surface area contributed by atoms with Gasteiger partial charge in [-0.3, -0.25) is 4.90 Å². The van der Waals surface area contributed by atoms with E-state index in [-0.39, 0.29) is 27.8 Å². The van der Waals surface area contributed by atoms with Gasteiger partial charge in [0.05, 0.1) is 19.7 Å². The molecular formula is C35H48N6O5S3. The van der Waals surface area contributed by atoms with Gasteiger partial charge in [0.2, 0.25) is 10.0 Å². The molecule has 1 aliphatic heterocycles. The zero-order valence-corrected chi connectivity index (χ0v) is 31.3. The summed E-state index contributed by atoms with van der Waals surface area (Å²) in [6, 6.07) is 14.1. The van der Waals surface area contributed by atoms with E-state index in [4.69, 9.17) is 9.72 Å². The zero-order chi connectivity index (χ0) is 35.2. The number of carbonyl (C=O) groups excluding carboxylic acids is 2. The lowest BCUT2D eigenvalue weighted by atomic mass is 9.86. The van der Waals surface area contributed by atoms with Crippen LogP contribution in [0.3, 0.4) is 0 Å². The molecule has 4 N–H and O–H groups in total. The van der Waals surface area contributed by atoms with Gasteiger partial charge in [0.25, 0.3) is 0 Å². The number of thioether (sulfide) groups is 1. The van der Waals surface area contributed by atoms with E-state index in [1.54, 1.807) is 50.9 Å². The first-order valence-corrected chi connectivity index (χ1v) is 20.0. The highest BCUT2D eigenvalue weighted by Gasteiger charge is 2.35. The van der Waals surface area contributed by atoms with Crippen LogP contribution >= 0.6 is 23.1 Å². The first kappa shape index (κ1) is 37.1. The molecule has 3 aromatic rings. The maximum absolute atomic E-state index is 13.7. The first-order valence-electron chi connectivity index (χ1n) is 16.7. The number of benzene rings is 2. The van der Waals surface area contributed by atoms with E-state index in [0.717, 1.165) is 60.5 Å². The Morgan fingerprint density at radius 3 is 2.51 bits per heavy atom. The maximum Gasteiger partial charge on any atom is 0.408 e. The van der Waals surface area contributed by atoms with Gasteiger partial charge in [0.1, 0.15) is 5.94 Å². The largest absolute Gasteiger partial charge is 0.438 e. The lowest BCUT2D eigenvalue weighted by Gasteiger charge is -2.31. The minimum absolute atomic E-state index is 0.0110. The predicted octanol–water partition coefficient (Wildman–Crippen LogP) is 7.09. The minimum Gasteiger partial charge on any atom is -0.438 e. The van der Waals surface area contributed by atoms with E-state index in [1.165, 1.54) is 17.4 Å². The molecule has 14 heteroatoms. The van der Waals surface area contributed by atoms with E-state index in [2.05, 4.69) is 39.5 Å². The Kier molecular flexibility index (Phi) is 12.0. The topological polar surface area (TPSA) is 142 Å². The molecule has 11 nitrogen and oxygen atoms in total. The van der Waals surface area contributed by atoms with Crippen molar-refractivity contribution in [1.29, 1.82) is 0 Å². The Morgan fingerprint density at radius 1 is 1.10 bits per heavy atom. The van der Waals surface area contributed by atoms with E-state index in [9.17, 15) is 18.0 Å². The Morgan fingerprint density at radius 2 is 1.84 bits per heavy atom. The van der Waals surface area contributed by atoms with Crippen molar-refractivity contribution >= 4 is 50.9 Å². The maximum atomic E-state index is 13.7. The van der Waals surface area contributed by atoms with Crippen LogP contribution in [0.4, 0.5) is 15.3 Å². The fraction of sp³-hybridized carbons (Fsp3) is 0.514. The van der Waals surface area contributed by atoms with Crippen molar-refractivity contribution in [2.24, 2.45) is 0 Å².